The lowest BCUT2D eigenvalue weighted by atomic mass is 10.1. The van der Waals surface area contributed by atoms with Gasteiger partial charge >= 0.3 is 17.9 Å². The molecule has 0 spiro atoms. The molecule has 0 aliphatic carbocycles. The highest BCUT2D eigenvalue weighted by Crippen LogP contribution is 2.01. The van der Waals surface area contributed by atoms with Crippen LogP contribution in [0.5, 0.6) is 0 Å². The number of rotatable bonds is 9. The Labute approximate surface area is 108 Å². The van der Waals surface area contributed by atoms with Crippen molar-refractivity contribution in [2.24, 2.45) is 5.73 Å². The second-order valence-electron chi connectivity index (χ2n) is 3.87. The Kier molecular flexibility index (Phi) is 7.12. The van der Waals surface area contributed by atoms with Crippen molar-refractivity contribution in [3.63, 3.8) is 0 Å². The summed E-state index contributed by atoms with van der Waals surface area (Å²) in [7, 11) is 0. The van der Waals surface area contributed by atoms with Crippen LogP contribution in [-0.4, -0.2) is 51.2 Å². The fraction of sp³-hybridized carbons (Fsp3) is 0.600. The van der Waals surface area contributed by atoms with Gasteiger partial charge < -0.3 is 26.4 Å². The van der Waals surface area contributed by atoms with E-state index in [0.717, 1.165) is 0 Å². The van der Waals surface area contributed by atoms with Crippen molar-refractivity contribution in [3.05, 3.63) is 0 Å². The van der Waals surface area contributed by atoms with E-state index in [0.29, 0.717) is 0 Å². The summed E-state index contributed by atoms with van der Waals surface area (Å²) in [5.41, 5.74) is 5.18. The van der Waals surface area contributed by atoms with Gasteiger partial charge in [-0.3, -0.25) is 14.4 Å². The number of hydrogen-bond acceptors (Lipinski definition) is 5. The van der Waals surface area contributed by atoms with Gasteiger partial charge in [0.1, 0.15) is 12.1 Å². The van der Waals surface area contributed by atoms with E-state index in [1.807, 2.05) is 0 Å². The molecule has 0 aromatic carbocycles. The smallest absolute Gasteiger partial charge is 0.326 e. The summed E-state index contributed by atoms with van der Waals surface area (Å²) in [5, 5.41) is 27.8. The topological polar surface area (TPSA) is 167 Å². The predicted octanol–water partition coefficient (Wildman–Crippen LogP) is -1.39. The van der Waals surface area contributed by atoms with Gasteiger partial charge in [0.25, 0.3) is 0 Å². The third-order valence-corrected chi connectivity index (χ3v) is 2.28. The second kappa shape index (κ2) is 8.03. The minimum atomic E-state index is -1.35. The highest BCUT2D eigenvalue weighted by atomic mass is 16.4. The number of carboxylic acid groups (broad SMARTS) is 3. The number of carbonyl (C=O) groups excluding carboxylic acids is 1. The van der Waals surface area contributed by atoms with E-state index >= 15 is 0 Å². The quantitative estimate of drug-likeness (QED) is 0.343. The van der Waals surface area contributed by atoms with Crippen LogP contribution in [-0.2, 0) is 19.2 Å². The van der Waals surface area contributed by atoms with Gasteiger partial charge in [-0.25, -0.2) is 4.79 Å². The molecule has 0 rings (SSSR count). The lowest BCUT2D eigenvalue weighted by Gasteiger charge is -2.14. The molecule has 0 aliphatic heterocycles. The Morgan fingerprint density at radius 3 is 1.95 bits per heavy atom. The molecule has 108 valence electrons. The third-order valence-electron chi connectivity index (χ3n) is 2.28. The van der Waals surface area contributed by atoms with Crippen molar-refractivity contribution in [2.75, 3.05) is 0 Å². The maximum Gasteiger partial charge on any atom is 0.326 e. The maximum atomic E-state index is 11.4. The summed E-state index contributed by atoms with van der Waals surface area (Å²) in [6, 6.07) is -2.52. The van der Waals surface area contributed by atoms with Gasteiger partial charge in [0, 0.05) is 12.8 Å². The molecule has 0 aromatic rings. The largest absolute Gasteiger partial charge is 0.481 e. The van der Waals surface area contributed by atoms with E-state index < -0.39 is 42.3 Å². The third kappa shape index (κ3) is 7.71. The number of nitrogens with two attached hydrogens (primary N) is 1. The van der Waals surface area contributed by atoms with Crippen molar-refractivity contribution in [1.82, 2.24) is 5.32 Å². The molecule has 1 unspecified atom stereocenters. The van der Waals surface area contributed by atoms with Crippen LogP contribution in [0.4, 0.5) is 0 Å². The van der Waals surface area contributed by atoms with Crippen LogP contribution in [0.1, 0.15) is 25.7 Å². The molecule has 9 nitrogen and oxygen atoms in total. The van der Waals surface area contributed by atoms with Gasteiger partial charge in [-0.1, -0.05) is 0 Å². The summed E-state index contributed by atoms with van der Waals surface area (Å²) in [5.74, 6) is -4.46. The van der Waals surface area contributed by atoms with E-state index in [9.17, 15) is 19.2 Å². The van der Waals surface area contributed by atoms with Crippen LogP contribution in [0.15, 0.2) is 0 Å². The molecule has 0 radical (unpaired) electrons. The molecule has 6 N–H and O–H groups in total. The van der Waals surface area contributed by atoms with Gasteiger partial charge in [0.2, 0.25) is 5.91 Å². The highest BCUT2D eigenvalue weighted by Gasteiger charge is 2.21. The molecular weight excluding hydrogens is 260 g/mol. The highest BCUT2D eigenvalue weighted by molar-refractivity contribution is 5.84. The number of hydrogen-bond donors (Lipinski definition) is 5. The molecule has 19 heavy (non-hydrogen) atoms. The minimum Gasteiger partial charge on any atom is -0.481 e. The first-order valence-corrected chi connectivity index (χ1v) is 5.46. The maximum absolute atomic E-state index is 11.4. The number of amides is 1. The summed E-state index contributed by atoms with van der Waals surface area (Å²) in [6.45, 7) is 0. The van der Waals surface area contributed by atoms with Crippen molar-refractivity contribution >= 4 is 23.8 Å². The molecule has 0 fully saturated rings. The fourth-order valence-corrected chi connectivity index (χ4v) is 1.20. The molecule has 0 aromatic heterocycles. The van der Waals surface area contributed by atoms with Crippen molar-refractivity contribution < 1.29 is 34.5 Å². The van der Waals surface area contributed by atoms with E-state index in [1.54, 1.807) is 0 Å². The molecule has 1 amide bonds. The Bertz CT molecular complexity index is 369. The zero-order valence-electron chi connectivity index (χ0n) is 10.0. The van der Waals surface area contributed by atoms with Crippen LogP contribution in [0.3, 0.4) is 0 Å². The standard InChI is InChI=1S/C10H16N2O7/c11-5(9(16)17)1-3-7(13)12-6(10(18)19)2-4-8(14)15/h5-6H,1-4,11H2,(H,12,13)(H,14,15)(H,16,17)(H,18,19)/t5?,6-/m0/s1. The van der Waals surface area contributed by atoms with Crippen LogP contribution in [0.2, 0.25) is 0 Å². The molecular formula is C10H16N2O7. The average Bonchev–Trinajstić information content (AvgIpc) is 2.30. The molecule has 0 saturated carbocycles. The number of carboxylic acids is 3. The predicted molar refractivity (Wildman–Crippen MR) is 61.3 cm³/mol. The first-order valence-electron chi connectivity index (χ1n) is 5.46. The van der Waals surface area contributed by atoms with E-state index in [1.165, 1.54) is 0 Å². The SMILES string of the molecule is NC(CCC(=O)N[C@@H](CCC(=O)O)C(=O)O)C(=O)O. The fourth-order valence-electron chi connectivity index (χ4n) is 1.20. The normalized spacial score (nSPS) is 13.3. The molecule has 9 heteroatoms. The van der Waals surface area contributed by atoms with E-state index in [-0.39, 0.29) is 19.3 Å². The molecule has 0 bridgehead atoms. The molecule has 2 atom stereocenters. The van der Waals surface area contributed by atoms with Gasteiger partial charge in [0.15, 0.2) is 0 Å². The lowest BCUT2D eigenvalue weighted by molar-refractivity contribution is -0.143. The Morgan fingerprint density at radius 2 is 1.53 bits per heavy atom. The first kappa shape index (κ1) is 16.8. The lowest BCUT2D eigenvalue weighted by Crippen LogP contribution is -2.42. The van der Waals surface area contributed by atoms with Crippen LogP contribution in [0, 0.1) is 0 Å². The Balaban J connectivity index is 4.20. The van der Waals surface area contributed by atoms with Gasteiger partial charge in [-0.2, -0.15) is 0 Å². The van der Waals surface area contributed by atoms with Crippen molar-refractivity contribution in [2.45, 2.75) is 37.8 Å². The van der Waals surface area contributed by atoms with Crippen molar-refractivity contribution in [3.8, 4) is 0 Å². The summed E-state index contributed by atoms with van der Waals surface area (Å²) >= 11 is 0. The number of aliphatic carboxylic acids is 3. The zero-order valence-corrected chi connectivity index (χ0v) is 10.0. The first-order chi connectivity index (χ1) is 8.73. The van der Waals surface area contributed by atoms with Crippen LogP contribution >= 0.6 is 0 Å². The van der Waals surface area contributed by atoms with E-state index in [2.05, 4.69) is 5.32 Å². The Morgan fingerprint density at radius 1 is 0.947 bits per heavy atom. The molecule has 0 saturated heterocycles. The van der Waals surface area contributed by atoms with Gasteiger partial charge in [-0.15, -0.1) is 0 Å². The van der Waals surface area contributed by atoms with Crippen LogP contribution < -0.4 is 11.1 Å². The van der Waals surface area contributed by atoms with E-state index in [4.69, 9.17) is 21.1 Å². The van der Waals surface area contributed by atoms with Crippen molar-refractivity contribution in [1.29, 1.82) is 0 Å². The summed E-state index contributed by atoms with van der Waals surface area (Å²) < 4.78 is 0. The second-order valence-corrected chi connectivity index (χ2v) is 3.87. The summed E-state index contributed by atoms with van der Waals surface area (Å²) in [4.78, 5) is 42.8. The van der Waals surface area contributed by atoms with Gasteiger partial charge in [0.05, 0.1) is 0 Å². The summed E-state index contributed by atoms with van der Waals surface area (Å²) in [6.07, 6.45) is -1.02. The molecule has 0 heterocycles. The Hall–Kier alpha value is -2.16. The van der Waals surface area contributed by atoms with Gasteiger partial charge in [-0.05, 0) is 12.8 Å². The zero-order chi connectivity index (χ0) is 15.0. The monoisotopic (exact) mass is 276 g/mol. The number of carbonyl (C=O) groups is 4. The van der Waals surface area contributed by atoms with Crippen LogP contribution in [0.25, 0.3) is 0 Å². The molecule has 0 aliphatic rings. The number of nitrogens with one attached hydrogen (secondary N) is 1. The minimum absolute atomic E-state index is 0.133. The average molecular weight is 276 g/mol.